The summed E-state index contributed by atoms with van der Waals surface area (Å²) in [4.78, 5) is 9.81. The van der Waals surface area contributed by atoms with Crippen LogP contribution in [-0.4, -0.2) is 33.2 Å². The summed E-state index contributed by atoms with van der Waals surface area (Å²) in [5.41, 5.74) is 2.47. The summed E-state index contributed by atoms with van der Waals surface area (Å²) in [5.74, 6) is 0.589. The molecular weight excluding hydrogens is 240 g/mol. The highest BCUT2D eigenvalue weighted by molar-refractivity contribution is 5.43. The second kappa shape index (κ2) is 9.39. The lowest BCUT2D eigenvalue weighted by atomic mass is 10.00. The SMILES string of the molecule is CNc1ccc(C)cc1.O=COCC1CCNCC1. The van der Waals surface area contributed by atoms with E-state index < -0.39 is 0 Å². The van der Waals surface area contributed by atoms with E-state index in [1.54, 1.807) is 0 Å². The number of nitrogens with one attached hydrogen (secondary N) is 2. The lowest BCUT2D eigenvalue weighted by molar-refractivity contribution is -0.130. The quantitative estimate of drug-likeness (QED) is 0.819. The standard InChI is InChI=1S/C8H11N.C7H13NO2/c1-7-3-5-8(9-2)6-4-7;9-6-10-5-7-1-3-8-4-2-7/h3-6,9H,1-2H3;6-8H,1-5H2. The van der Waals surface area contributed by atoms with E-state index in [2.05, 4.69) is 46.6 Å². The van der Waals surface area contributed by atoms with Crippen LogP contribution in [0.15, 0.2) is 24.3 Å². The van der Waals surface area contributed by atoms with Crippen LogP contribution in [0.2, 0.25) is 0 Å². The number of hydrogen-bond donors (Lipinski definition) is 2. The topological polar surface area (TPSA) is 50.4 Å². The zero-order chi connectivity index (χ0) is 13.9. The third-order valence-electron chi connectivity index (χ3n) is 3.20. The molecule has 1 heterocycles. The first-order chi connectivity index (χ1) is 9.26. The Kier molecular flexibility index (Phi) is 7.66. The Morgan fingerprint density at radius 2 is 1.95 bits per heavy atom. The molecule has 1 aliphatic rings. The molecule has 19 heavy (non-hydrogen) atoms. The number of aryl methyl sites for hydroxylation is 1. The van der Waals surface area contributed by atoms with Crippen LogP contribution in [0.4, 0.5) is 5.69 Å². The summed E-state index contributed by atoms with van der Waals surface area (Å²) in [6, 6.07) is 8.31. The third kappa shape index (κ3) is 6.82. The van der Waals surface area contributed by atoms with Crippen molar-refractivity contribution in [1.29, 1.82) is 0 Å². The zero-order valence-corrected chi connectivity index (χ0v) is 11.8. The minimum absolute atomic E-state index is 0.530. The van der Waals surface area contributed by atoms with Crippen molar-refractivity contribution in [3.8, 4) is 0 Å². The van der Waals surface area contributed by atoms with Gasteiger partial charge in [-0.1, -0.05) is 17.7 Å². The molecule has 4 heteroatoms. The molecule has 1 aromatic rings. The summed E-state index contributed by atoms with van der Waals surface area (Å²) in [5, 5.41) is 6.30. The van der Waals surface area contributed by atoms with E-state index in [9.17, 15) is 4.79 Å². The van der Waals surface area contributed by atoms with Gasteiger partial charge in [0.15, 0.2) is 0 Å². The minimum atomic E-state index is 0.530. The van der Waals surface area contributed by atoms with Crippen molar-refractivity contribution in [3.05, 3.63) is 29.8 Å². The fourth-order valence-corrected chi connectivity index (χ4v) is 1.94. The van der Waals surface area contributed by atoms with E-state index in [4.69, 9.17) is 0 Å². The van der Waals surface area contributed by atoms with E-state index in [0.717, 1.165) is 25.9 Å². The Balaban J connectivity index is 0.000000191. The maximum atomic E-state index is 9.81. The number of carbonyl (C=O) groups excluding carboxylic acids is 1. The highest BCUT2D eigenvalue weighted by atomic mass is 16.5. The summed E-state index contributed by atoms with van der Waals surface area (Å²) in [7, 11) is 1.92. The monoisotopic (exact) mass is 264 g/mol. The molecule has 0 bridgehead atoms. The van der Waals surface area contributed by atoms with Crippen LogP contribution in [0.3, 0.4) is 0 Å². The number of benzene rings is 1. The molecule has 1 saturated heterocycles. The third-order valence-corrected chi connectivity index (χ3v) is 3.20. The van der Waals surface area contributed by atoms with Gasteiger partial charge in [0.25, 0.3) is 6.47 Å². The zero-order valence-electron chi connectivity index (χ0n) is 11.8. The predicted octanol–water partition coefficient (Wildman–Crippen LogP) is 2.20. The van der Waals surface area contributed by atoms with Gasteiger partial charge in [0.2, 0.25) is 0 Å². The molecule has 0 unspecified atom stereocenters. The second-order valence-corrected chi connectivity index (χ2v) is 4.74. The van der Waals surface area contributed by atoms with Crippen molar-refractivity contribution >= 4 is 12.2 Å². The average Bonchev–Trinajstić information content (AvgIpc) is 2.48. The smallest absolute Gasteiger partial charge is 0.293 e. The van der Waals surface area contributed by atoms with Crippen molar-refractivity contribution in [2.45, 2.75) is 19.8 Å². The summed E-state index contributed by atoms with van der Waals surface area (Å²) >= 11 is 0. The van der Waals surface area contributed by atoms with Gasteiger partial charge in [0.05, 0.1) is 6.61 Å². The Morgan fingerprint density at radius 1 is 1.32 bits per heavy atom. The number of carbonyl (C=O) groups is 1. The first kappa shape index (κ1) is 15.5. The first-order valence-electron chi connectivity index (χ1n) is 6.76. The number of ether oxygens (including phenoxy) is 1. The highest BCUT2D eigenvalue weighted by Crippen LogP contribution is 2.10. The van der Waals surface area contributed by atoms with Crippen LogP contribution >= 0.6 is 0 Å². The van der Waals surface area contributed by atoms with Gasteiger partial charge in [0.1, 0.15) is 0 Å². The van der Waals surface area contributed by atoms with E-state index in [1.165, 1.54) is 11.3 Å². The van der Waals surface area contributed by atoms with Crippen molar-refractivity contribution in [2.24, 2.45) is 5.92 Å². The molecule has 2 N–H and O–H groups in total. The molecule has 0 atom stereocenters. The minimum Gasteiger partial charge on any atom is -0.468 e. The normalized spacial score (nSPS) is 15.1. The molecule has 0 radical (unpaired) electrons. The highest BCUT2D eigenvalue weighted by Gasteiger charge is 2.12. The lowest BCUT2D eigenvalue weighted by Crippen LogP contribution is -2.29. The lowest BCUT2D eigenvalue weighted by Gasteiger charge is -2.20. The van der Waals surface area contributed by atoms with Gasteiger partial charge in [-0.15, -0.1) is 0 Å². The molecular formula is C15H24N2O2. The molecule has 0 saturated carbocycles. The summed E-state index contributed by atoms with van der Waals surface area (Å²) in [6.45, 7) is 5.34. The number of anilines is 1. The Morgan fingerprint density at radius 3 is 2.47 bits per heavy atom. The van der Waals surface area contributed by atoms with E-state index in [1.807, 2.05) is 7.05 Å². The van der Waals surface area contributed by atoms with Crippen LogP contribution in [-0.2, 0) is 9.53 Å². The Bertz CT molecular complexity index is 346. The molecule has 2 rings (SSSR count). The number of piperidine rings is 1. The molecule has 0 amide bonds. The molecule has 4 nitrogen and oxygen atoms in total. The molecule has 106 valence electrons. The molecule has 0 aliphatic carbocycles. The van der Waals surface area contributed by atoms with Crippen LogP contribution in [0, 0.1) is 12.8 Å². The van der Waals surface area contributed by atoms with E-state index in [0.29, 0.717) is 19.0 Å². The first-order valence-corrected chi connectivity index (χ1v) is 6.76. The number of hydrogen-bond acceptors (Lipinski definition) is 4. The molecule has 0 aromatic heterocycles. The fourth-order valence-electron chi connectivity index (χ4n) is 1.94. The predicted molar refractivity (Wildman–Crippen MR) is 78.3 cm³/mol. The maximum Gasteiger partial charge on any atom is 0.293 e. The summed E-state index contributed by atoms with van der Waals surface area (Å²) in [6.07, 6.45) is 2.27. The molecule has 0 spiro atoms. The fraction of sp³-hybridized carbons (Fsp3) is 0.533. The van der Waals surface area contributed by atoms with Crippen molar-refractivity contribution in [2.75, 3.05) is 32.1 Å². The van der Waals surface area contributed by atoms with Gasteiger partial charge in [-0.25, -0.2) is 0 Å². The molecule has 1 aromatic carbocycles. The van der Waals surface area contributed by atoms with Crippen LogP contribution in [0.25, 0.3) is 0 Å². The summed E-state index contributed by atoms with van der Waals surface area (Å²) < 4.78 is 4.66. The van der Waals surface area contributed by atoms with Gasteiger partial charge in [-0.3, -0.25) is 4.79 Å². The largest absolute Gasteiger partial charge is 0.468 e. The van der Waals surface area contributed by atoms with Gasteiger partial charge >= 0.3 is 0 Å². The average molecular weight is 264 g/mol. The van der Waals surface area contributed by atoms with Crippen LogP contribution < -0.4 is 10.6 Å². The molecule has 1 fully saturated rings. The van der Waals surface area contributed by atoms with Crippen LogP contribution in [0.5, 0.6) is 0 Å². The Labute approximate surface area is 115 Å². The van der Waals surface area contributed by atoms with Gasteiger partial charge in [-0.05, 0) is 50.9 Å². The van der Waals surface area contributed by atoms with Crippen molar-refractivity contribution < 1.29 is 9.53 Å². The van der Waals surface area contributed by atoms with Gasteiger partial charge in [0, 0.05) is 12.7 Å². The van der Waals surface area contributed by atoms with E-state index in [-0.39, 0.29) is 0 Å². The van der Waals surface area contributed by atoms with Gasteiger partial charge < -0.3 is 15.4 Å². The maximum absolute atomic E-state index is 9.81. The number of rotatable bonds is 4. The van der Waals surface area contributed by atoms with Gasteiger partial charge in [-0.2, -0.15) is 0 Å². The Hall–Kier alpha value is -1.55. The molecule has 1 aliphatic heterocycles. The van der Waals surface area contributed by atoms with Crippen molar-refractivity contribution in [3.63, 3.8) is 0 Å². The second-order valence-electron chi connectivity index (χ2n) is 4.74. The van der Waals surface area contributed by atoms with Crippen molar-refractivity contribution in [1.82, 2.24) is 5.32 Å². The van der Waals surface area contributed by atoms with Crippen LogP contribution in [0.1, 0.15) is 18.4 Å². The van der Waals surface area contributed by atoms with E-state index >= 15 is 0 Å².